The van der Waals surface area contributed by atoms with Crippen LogP contribution in [0.5, 0.6) is 5.75 Å². The monoisotopic (exact) mass is 372 g/mol. The van der Waals surface area contributed by atoms with E-state index in [-0.39, 0.29) is 41.5 Å². The van der Waals surface area contributed by atoms with Gasteiger partial charge in [-0.05, 0) is 37.3 Å². The maximum absolute atomic E-state index is 12.4. The molecular formula is C16H18Cl2N2O4. The van der Waals surface area contributed by atoms with Gasteiger partial charge in [0.15, 0.2) is 0 Å². The number of benzene rings is 1. The van der Waals surface area contributed by atoms with E-state index in [4.69, 9.17) is 28.3 Å². The normalized spacial score (nSPS) is 27.0. The number of hydrogen-bond donors (Lipinski definition) is 3. The van der Waals surface area contributed by atoms with Crippen LogP contribution in [0.25, 0.3) is 0 Å². The van der Waals surface area contributed by atoms with Gasteiger partial charge in [0.2, 0.25) is 11.8 Å². The lowest BCUT2D eigenvalue weighted by molar-refractivity contribution is -0.152. The molecule has 0 unspecified atom stereocenters. The van der Waals surface area contributed by atoms with Crippen LogP contribution in [0.4, 0.5) is 0 Å². The first-order chi connectivity index (χ1) is 11.4. The Morgan fingerprint density at radius 3 is 2.75 bits per heavy atom. The average Bonchev–Trinajstić information content (AvgIpc) is 2.56. The number of aliphatic hydroxyl groups excluding tert-OH is 1. The first-order valence-electron chi connectivity index (χ1n) is 7.82. The van der Waals surface area contributed by atoms with Crippen LogP contribution in [0.2, 0.25) is 10.0 Å². The number of phenolic OH excluding ortho intramolecular Hbond substituents is 1. The lowest BCUT2D eigenvalue weighted by Crippen LogP contribution is -2.65. The van der Waals surface area contributed by atoms with Gasteiger partial charge in [-0.2, -0.15) is 0 Å². The SMILES string of the molecule is O=C1N[C@H](CCO)C(=O)N2CC[C@H](c3c(O)ccc(Cl)c3Cl)C[C@H]12. The summed E-state index contributed by atoms with van der Waals surface area (Å²) < 4.78 is 0. The molecule has 2 amide bonds. The summed E-state index contributed by atoms with van der Waals surface area (Å²) >= 11 is 12.3. The second-order valence-corrected chi connectivity index (χ2v) is 6.92. The Morgan fingerprint density at radius 2 is 2.04 bits per heavy atom. The Hall–Kier alpha value is -1.50. The topological polar surface area (TPSA) is 89.9 Å². The molecule has 2 saturated heterocycles. The number of carbonyl (C=O) groups excluding carboxylic acids is 2. The first-order valence-corrected chi connectivity index (χ1v) is 8.58. The molecule has 0 aliphatic carbocycles. The molecule has 6 nitrogen and oxygen atoms in total. The van der Waals surface area contributed by atoms with Crippen LogP contribution < -0.4 is 5.32 Å². The van der Waals surface area contributed by atoms with Gasteiger partial charge in [0, 0.05) is 18.7 Å². The van der Waals surface area contributed by atoms with Gasteiger partial charge in [-0.25, -0.2) is 0 Å². The van der Waals surface area contributed by atoms with E-state index in [0.29, 0.717) is 30.0 Å². The van der Waals surface area contributed by atoms with Crippen molar-refractivity contribution >= 4 is 35.0 Å². The third-order valence-electron chi connectivity index (χ3n) is 4.74. The zero-order chi connectivity index (χ0) is 17.4. The number of aliphatic hydroxyl groups is 1. The minimum Gasteiger partial charge on any atom is -0.508 e. The van der Waals surface area contributed by atoms with E-state index < -0.39 is 12.1 Å². The minimum atomic E-state index is -0.668. The molecule has 1 aromatic carbocycles. The molecule has 8 heteroatoms. The van der Waals surface area contributed by atoms with Gasteiger partial charge in [0.1, 0.15) is 17.8 Å². The van der Waals surface area contributed by atoms with Gasteiger partial charge in [-0.1, -0.05) is 23.2 Å². The fraction of sp³-hybridized carbons (Fsp3) is 0.500. The van der Waals surface area contributed by atoms with Gasteiger partial charge in [-0.15, -0.1) is 0 Å². The van der Waals surface area contributed by atoms with E-state index in [9.17, 15) is 14.7 Å². The molecule has 0 saturated carbocycles. The van der Waals surface area contributed by atoms with Gasteiger partial charge < -0.3 is 20.4 Å². The Morgan fingerprint density at radius 1 is 1.29 bits per heavy atom. The lowest BCUT2D eigenvalue weighted by Gasteiger charge is -2.44. The molecule has 2 aliphatic rings. The van der Waals surface area contributed by atoms with E-state index >= 15 is 0 Å². The lowest BCUT2D eigenvalue weighted by atomic mass is 9.83. The number of amides is 2. The molecule has 0 bridgehead atoms. The fourth-order valence-electron chi connectivity index (χ4n) is 3.54. The number of halogens is 2. The summed E-state index contributed by atoms with van der Waals surface area (Å²) in [5, 5.41) is 22.5. The maximum atomic E-state index is 12.4. The number of piperazine rings is 1. The third kappa shape index (κ3) is 2.94. The fourth-order valence-corrected chi connectivity index (χ4v) is 4.02. The zero-order valence-electron chi connectivity index (χ0n) is 12.8. The largest absolute Gasteiger partial charge is 0.508 e. The smallest absolute Gasteiger partial charge is 0.245 e. The molecule has 2 heterocycles. The molecule has 2 fully saturated rings. The Kier molecular flexibility index (Phi) is 4.90. The summed E-state index contributed by atoms with van der Waals surface area (Å²) in [4.78, 5) is 26.4. The number of aromatic hydroxyl groups is 1. The van der Waals surface area contributed by atoms with Crippen LogP contribution in [-0.2, 0) is 9.59 Å². The van der Waals surface area contributed by atoms with E-state index in [0.717, 1.165) is 0 Å². The standard InChI is InChI=1S/C16H18Cl2N2O4/c17-9-1-2-12(22)13(14(9)18)8-3-5-20-11(7-8)15(23)19-10(4-6-21)16(20)24/h1-2,8,10-11,21-22H,3-7H2,(H,19,23)/t8-,10+,11+/m0/s1. The molecule has 130 valence electrons. The van der Waals surface area contributed by atoms with Crippen molar-refractivity contribution in [2.24, 2.45) is 0 Å². The summed E-state index contributed by atoms with van der Waals surface area (Å²) in [7, 11) is 0. The number of hydrogen-bond acceptors (Lipinski definition) is 4. The summed E-state index contributed by atoms with van der Waals surface area (Å²) in [5.41, 5.74) is 0.529. The number of nitrogens with zero attached hydrogens (tertiary/aromatic N) is 1. The predicted octanol–water partition coefficient (Wildman–Crippen LogP) is 1.65. The van der Waals surface area contributed by atoms with E-state index in [1.165, 1.54) is 12.1 Å². The summed E-state index contributed by atoms with van der Waals surface area (Å²) in [6.45, 7) is 0.232. The van der Waals surface area contributed by atoms with E-state index in [1.54, 1.807) is 4.90 Å². The van der Waals surface area contributed by atoms with Crippen molar-refractivity contribution in [3.63, 3.8) is 0 Å². The minimum absolute atomic E-state index is 0.0450. The predicted molar refractivity (Wildman–Crippen MR) is 89.2 cm³/mol. The first kappa shape index (κ1) is 17.3. The van der Waals surface area contributed by atoms with Crippen molar-refractivity contribution in [1.82, 2.24) is 10.2 Å². The van der Waals surface area contributed by atoms with Crippen LogP contribution in [0, 0.1) is 0 Å². The molecule has 3 rings (SSSR count). The average molecular weight is 373 g/mol. The van der Waals surface area contributed by atoms with Crippen molar-refractivity contribution in [2.45, 2.75) is 37.3 Å². The van der Waals surface area contributed by atoms with Gasteiger partial charge >= 0.3 is 0 Å². The number of nitrogens with one attached hydrogen (secondary N) is 1. The highest BCUT2D eigenvalue weighted by Gasteiger charge is 2.44. The molecule has 0 radical (unpaired) electrons. The summed E-state index contributed by atoms with van der Waals surface area (Å²) in [5.74, 6) is -0.530. The maximum Gasteiger partial charge on any atom is 0.245 e. The van der Waals surface area contributed by atoms with Crippen molar-refractivity contribution in [3.8, 4) is 5.75 Å². The van der Waals surface area contributed by atoms with Crippen molar-refractivity contribution in [3.05, 3.63) is 27.7 Å². The van der Waals surface area contributed by atoms with E-state index in [1.807, 2.05) is 0 Å². The van der Waals surface area contributed by atoms with Crippen molar-refractivity contribution < 1.29 is 19.8 Å². The molecule has 24 heavy (non-hydrogen) atoms. The Balaban J connectivity index is 1.84. The third-order valence-corrected chi connectivity index (χ3v) is 5.56. The number of fused-ring (bicyclic) bond motifs is 1. The molecule has 3 N–H and O–H groups in total. The Bertz CT molecular complexity index is 682. The molecule has 0 spiro atoms. The molecule has 0 aromatic heterocycles. The number of carbonyl (C=O) groups is 2. The quantitative estimate of drug-likeness (QED) is 0.752. The highest BCUT2D eigenvalue weighted by molar-refractivity contribution is 6.42. The second kappa shape index (κ2) is 6.78. The Labute approximate surface area is 149 Å². The van der Waals surface area contributed by atoms with Crippen LogP contribution in [0.3, 0.4) is 0 Å². The van der Waals surface area contributed by atoms with Crippen molar-refractivity contribution in [2.75, 3.05) is 13.2 Å². The zero-order valence-corrected chi connectivity index (χ0v) is 14.3. The summed E-state index contributed by atoms with van der Waals surface area (Å²) in [6.07, 6.45) is 1.16. The molecule has 2 aliphatic heterocycles. The van der Waals surface area contributed by atoms with Crippen LogP contribution in [0.15, 0.2) is 12.1 Å². The van der Waals surface area contributed by atoms with Crippen LogP contribution in [-0.4, -0.2) is 52.2 Å². The highest BCUT2D eigenvalue weighted by Crippen LogP contribution is 2.43. The van der Waals surface area contributed by atoms with Crippen LogP contribution in [0.1, 0.15) is 30.7 Å². The molecule has 1 aromatic rings. The van der Waals surface area contributed by atoms with Crippen LogP contribution >= 0.6 is 23.2 Å². The van der Waals surface area contributed by atoms with Crippen molar-refractivity contribution in [1.29, 1.82) is 0 Å². The van der Waals surface area contributed by atoms with Gasteiger partial charge in [-0.3, -0.25) is 9.59 Å². The number of piperidine rings is 1. The highest BCUT2D eigenvalue weighted by atomic mass is 35.5. The number of phenols is 1. The van der Waals surface area contributed by atoms with E-state index in [2.05, 4.69) is 5.32 Å². The number of rotatable bonds is 3. The summed E-state index contributed by atoms with van der Waals surface area (Å²) in [6, 6.07) is 1.74. The second-order valence-electron chi connectivity index (χ2n) is 6.14. The molecular weight excluding hydrogens is 355 g/mol. The van der Waals surface area contributed by atoms with Gasteiger partial charge in [0.25, 0.3) is 0 Å². The molecule has 3 atom stereocenters. The van der Waals surface area contributed by atoms with Gasteiger partial charge in [0.05, 0.1) is 10.0 Å².